The summed E-state index contributed by atoms with van der Waals surface area (Å²) in [5.41, 5.74) is 3.66. The van der Waals surface area contributed by atoms with Crippen molar-refractivity contribution in [3.63, 3.8) is 0 Å². The van der Waals surface area contributed by atoms with Crippen LogP contribution in [0.1, 0.15) is 23.1 Å². The summed E-state index contributed by atoms with van der Waals surface area (Å²) >= 11 is 0. The first-order chi connectivity index (χ1) is 16.8. The number of nitrogens with one attached hydrogen (secondary N) is 2. The van der Waals surface area contributed by atoms with E-state index in [0.29, 0.717) is 17.0 Å². The number of aromatic nitrogens is 3. The molecule has 4 aromatic rings. The number of hydrogen-bond acceptors (Lipinski definition) is 8. The Kier molecular flexibility index (Phi) is 5.75. The van der Waals surface area contributed by atoms with E-state index < -0.39 is 32.2 Å². The Morgan fingerprint density at radius 3 is 2.51 bits per heavy atom. The van der Waals surface area contributed by atoms with Gasteiger partial charge in [-0.2, -0.15) is 0 Å². The van der Waals surface area contributed by atoms with Gasteiger partial charge in [0.25, 0.3) is 5.56 Å². The molecule has 2 N–H and O–H groups in total. The summed E-state index contributed by atoms with van der Waals surface area (Å²) in [6, 6.07) is 11.4. The Morgan fingerprint density at radius 2 is 1.83 bits per heavy atom. The van der Waals surface area contributed by atoms with Gasteiger partial charge in [-0.3, -0.25) is 4.79 Å². The minimum atomic E-state index is -4.21. The number of H-pyrrole nitrogens is 1. The van der Waals surface area contributed by atoms with Crippen molar-refractivity contribution in [2.75, 3.05) is 0 Å². The van der Waals surface area contributed by atoms with Crippen LogP contribution in [0.5, 0.6) is 0 Å². The third-order valence-electron chi connectivity index (χ3n) is 5.39. The summed E-state index contributed by atoms with van der Waals surface area (Å²) in [7, 11) is -4.21. The fraction of sp³-hybridized carbons (Fsp3) is 0.0870. The fourth-order valence-corrected chi connectivity index (χ4v) is 4.88. The normalized spacial score (nSPS) is 15.9. The first-order valence-corrected chi connectivity index (χ1v) is 11.8. The van der Waals surface area contributed by atoms with Crippen molar-refractivity contribution in [3.05, 3.63) is 112 Å². The largest absolute Gasteiger partial charge is 0.364 e. The number of rotatable bonds is 6. The van der Waals surface area contributed by atoms with Gasteiger partial charge in [-0.05, 0) is 36.4 Å². The topological polar surface area (TPSA) is 121 Å². The number of aromatic amines is 1. The molecule has 3 heterocycles. The number of hydrazine groups is 1. The van der Waals surface area contributed by atoms with Crippen LogP contribution < -0.4 is 11.0 Å². The van der Waals surface area contributed by atoms with E-state index in [0.717, 1.165) is 30.5 Å². The quantitative estimate of drug-likeness (QED) is 0.390. The van der Waals surface area contributed by atoms with Crippen LogP contribution >= 0.6 is 0 Å². The van der Waals surface area contributed by atoms with Gasteiger partial charge in [-0.25, -0.2) is 27.6 Å². The molecule has 5 rings (SSSR count). The molecule has 0 amide bonds. The first-order valence-electron chi connectivity index (χ1n) is 10.3. The predicted molar refractivity (Wildman–Crippen MR) is 119 cm³/mol. The minimum Gasteiger partial charge on any atom is -0.364 e. The first kappa shape index (κ1) is 22.6. The molecule has 12 heteroatoms. The van der Waals surface area contributed by atoms with E-state index in [1.807, 2.05) is 0 Å². The lowest BCUT2D eigenvalue weighted by molar-refractivity contribution is 0.273. The van der Waals surface area contributed by atoms with E-state index in [9.17, 15) is 22.0 Å². The predicted octanol–water partition coefficient (Wildman–Crippen LogP) is 2.97. The van der Waals surface area contributed by atoms with Crippen LogP contribution in [0.3, 0.4) is 0 Å². The second-order valence-corrected chi connectivity index (χ2v) is 9.56. The van der Waals surface area contributed by atoms with Crippen molar-refractivity contribution in [1.29, 1.82) is 0 Å². The van der Waals surface area contributed by atoms with Gasteiger partial charge in [0.1, 0.15) is 35.5 Å². The molecule has 0 aliphatic carbocycles. The molecular weight excluding hydrogens is 480 g/mol. The van der Waals surface area contributed by atoms with Gasteiger partial charge in [0.05, 0.1) is 23.3 Å². The second-order valence-electron chi connectivity index (χ2n) is 7.64. The molecule has 2 aromatic carbocycles. The Bertz CT molecular complexity index is 1570. The lowest BCUT2D eigenvalue weighted by atomic mass is 10.2. The van der Waals surface area contributed by atoms with Crippen LogP contribution in [-0.4, -0.2) is 28.6 Å². The highest BCUT2D eigenvalue weighted by atomic mass is 32.2. The van der Waals surface area contributed by atoms with Crippen LogP contribution in [0.15, 0.2) is 92.2 Å². The Labute approximate surface area is 197 Å². The molecule has 0 saturated heterocycles. The van der Waals surface area contributed by atoms with Crippen LogP contribution in [0.2, 0.25) is 0 Å². The molecule has 1 aliphatic rings. The maximum absolute atomic E-state index is 14.3. The molecule has 35 heavy (non-hydrogen) atoms. The summed E-state index contributed by atoms with van der Waals surface area (Å²) in [5, 5.41) is 5.56. The van der Waals surface area contributed by atoms with Crippen molar-refractivity contribution in [2.45, 2.75) is 22.4 Å². The molecule has 178 valence electrons. The summed E-state index contributed by atoms with van der Waals surface area (Å²) < 4.78 is 58.0. The summed E-state index contributed by atoms with van der Waals surface area (Å²) in [4.78, 5) is 18.6. The zero-order valence-corrected chi connectivity index (χ0v) is 18.7. The van der Waals surface area contributed by atoms with Crippen molar-refractivity contribution >= 4 is 15.5 Å². The van der Waals surface area contributed by atoms with Gasteiger partial charge >= 0.3 is 0 Å². The van der Waals surface area contributed by atoms with Gasteiger partial charge in [-0.15, -0.1) is 0 Å². The Morgan fingerprint density at radius 1 is 1.06 bits per heavy atom. The van der Waals surface area contributed by atoms with Crippen LogP contribution in [-0.2, 0) is 16.4 Å². The van der Waals surface area contributed by atoms with Gasteiger partial charge in [0.15, 0.2) is 4.90 Å². The lowest BCUT2D eigenvalue weighted by Gasteiger charge is -2.23. The van der Waals surface area contributed by atoms with Crippen LogP contribution in [0.25, 0.3) is 5.70 Å². The molecular formula is C23H17F2N5O4S. The maximum atomic E-state index is 14.3. The van der Waals surface area contributed by atoms with Crippen molar-refractivity contribution < 1.29 is 21.7 Å². The number of sulfone groups is 1. The van der Waals surface area contributed by atoms with Crippen molar-refractivity contribution in [1.82, 2.24) is 25.6 Å². The molecule has 1 atom stereocenters. The summed E-state index contributed by atoms with van der Waals surface area (Å²) in [5.74, 6) is -0.863. The van der Waals surface area contributed by atoms with Gasteiger partial charge in [0.2, 0.25) is 9.84 Å². The molecule has 1 unspecified atom stereocenters. The van der Waals surface area contributed by atoms with Crippen molar-refractivity contribution in [3.8, 4) is 0 Å². The van der Waals surface area contributed by atoms with E-state index in [2.05, 4.69) is 20.6 Å². The third kappa shape index (κ3) is 4.36. The highest BCUT2D eigenvalue weighted by molar-refractivity contribution is 7.91. The van der Waals surface area contributed by atoms with Gasteiger partial charge in [-0.1, -0.05) is 23.4 Å². The van der Waals surface area contributed by atoms with E-state index >= 15 is 0 Å². The second kappa shape index (κ2) is 8.89. The fourth-order valence-electron chi connectivity index (χ4n) is 3.65. The average Bonchev–Trinajstić information content (AvgIpc) is 3.51. The highest BCUT2D eigenvalue weighted by Crippen LogP contribution is 2.30. The van der Waals surface area contributed by atoms with Gasteiger partial charge in [0, 0.05) is 11.6 Å². The molecule has 2 aromatic heterocycles. The Hall–Kier alpha value is -4.16. The SMILES string of the molecule is O=c1[nH]c(C2C=C(c3ccon3)N(Cc3ccccc3F)N2)ncc1S(=O)(=O)c1ccc(F)cc1. The molecule has 0 bridgehead atoms. The average molecular weight is 497 g/mol. The minimum absolute atomic E-state index is 0.128. The van der Waals surface area contributed by atoms with Crippen LogP contribution in [0.4, 0.5) is 8.78 Å². The monoisotopic (exact) mass is 497 g/mol. The molecule has 0 radical (unpaired) electrons. The third-order valence-corrected chi connectivity index (χ3v) is 7.15. The van der Waals surface area contributed by atoms with Gasteiger partial charge < -0.3 is 14.5 Å². The highest BCUT2D eigenvalue weighted by Gasteiger charge is 2.30. The molecule has 0 fully saturated rings. The Balaban J connectivity index is 1.47. The zero-order chi connectivity index (χ0) is 24.6. The molecule has 0 spiro atoms. The molecule has 0 saturated carbocycles. The van der Waals surface area contributed by atoms with E-state index in [4.69, 9.17) is 4.52 Å². The number of nitrogens with zero attached hydrogens (tertiary/aromatic N) is 3. The number of hydrogen-bond donors (Lipinski definition) is 2. The molecule has 9 nitrogen and oxygen atoms in total. The van der Waals surface area contributed by atoms with Crippen molar-refractivity contribution in [2.24, 2.45) is 0 Å². The smallest absolute Gasteiger partial charge is 0.270 e. The van der Waals surface area contributed by atoms with Crippen LogP contribution in [0, 0.1) is 11.6 Å². The summed E-state index contributed by atoms with van der Waals surface area (Å²) in [6.45, 7) is 0.128. The number of halogens is 2. The van der Waals surface area contributed by atoms with E-state index in [1.165, 1.54) is 12.3 Å². The zero-order valence-electron chi connectivity index (χ0n) is 17.9. The van der Waals surface area contributed by atoms with E-state index in [-0.39, 0.29) is 23.1 Å². The number of benzene rings is 2. The lowest BCUT2D eigenvalue weighted by Crippen LogP contribution is -2.34. The standard InChI is InChI=1S/C23H17F2N5O4S/c24-15-5-7-16(8-6-15)35(32,33)21-12-26-22(27-23(21)31)19-11-20(18-9-10-34-29-18)30(28-19)13-14-3-1-2-4-17(14)25/h1-12,19,28H,13H2,(H,26,27,31). The maximum Gasteiger partial charge on any atom is 0.270 e. The summed E-state index contributed by atoms with van der Waals surface area (Å²) in [6.07, 6.45) is 4.04. The molecule has 1 aliphatic heterocycles. The van der Waals surface area contributed by atoms with E-state index in [1.54, 1.807) is 35.4 Å².